The van der Waals surface area contributed by atoms with Crippen LogP contribution in [0, 0.1) is 0 Å². The van der Waals surface area contributed by atoms with Crippen LogP contribution in [0.1, 0.15) is 12.8 Å². The predicted molar refractivity (Wildman–Crippen MR) is 83.4 cm³/mol. The molecule has 0 atom stereocenters. The third-order valence-corrected chi connectivity index (χ3v) is 4.04. The molecular formula is C14H21N7O. The number of hydrogen-bond donors (Lipinski definition) is 1. The third kappa shape index (κ3) is 2.74. The molecule has 2 aromatic rings. The highest BCUT2D eigenvalue weighted by Crippen LogP contribution is 2.23. The largest absolute Gasteiger partial charge is 0.352 e. The Morgan fingerprint density at radius 2 is 2.05 bits per heavy atom. The zero-order valence-electron chi connectivity index (χ0n) is 12.8. The minimum absolute atomic E-state index is 0.194. The molecule has 22 heavy (non-hydrogen) atoms. The molecule has 0 bridgehead atoms. The van der Waals surface area contributed by atoms with Gasteiger partial charge in [-0.2, -0.15) is 5.10 Å². The SMILES string of the molecule is Cn1ncc2c(N3CCN(C(=O)CCCN)CC3)ncnc21. The molecule has 118 valence electrons. The smallest absolute Gasteiger partial charge is 0.222 e. The number of aryl methyl sites for hydroxylation is 1. The predicted octanol–water partition coefficient (Wildman–Crippen LogP) is -0.249. The highest BCUT2D eigenvalue weighted by atomic mass is 16.2. The Morgan fingerprint density at radius 3 is 2.77 bits per heavy atom. The minimum Gasteiger partial charge on any atom is -0.352 e. The Bertz CT molecular complexity index is 660. The third-order valence-electron chi connectivity index (χ3n) is 4.04. The number of hydrogen-bond acceptors (Lipinski definition) is 6. The second kappa shape index (κ2) is 6.27. The van der Waals surface area contributed by atoms with Gasteiger partial charge in [0, 0.05) is 39.6 Å². The van der Waals surface area contributed by atoms with Crippen LogP contribution >= 0.6 is 0 Å². The van der Waals surface area contributed by atoms with Crippen molar-refractivity contribution in [2.24, 2.45) is 12.8 Å². The molecule has 1 aliphatic rings. The highest BCUT2D eigenvalue weighted by molar-refractivity contribution is 5.86. The summed E-state index contributed by atoms with van der Waals surface area (Å²) < 4.78 is 1.74. The van der Waals surface area contributed by atoms with Crippen LogP contribution in [0.2, 0.25) is 0 Å². The van der Waals surface area contributed by atoms with Gasteiger partial charge in [-0.1, -0.05) is 0 Å². The van der Waals surface area contributed by atoms with Gasteiger partial charge in [0.2, 0.25) is 5.91 Å². The second-order valence-corrected chi connectivity index (χ2v) is 5.46. The van der Waals surface area contributed by atoms with E-state index >= 15 is 0 Å². The monoisotopic (exact) mass is 303 g/mol. The van der Waals surface area contributed by atoms with Crippen molar-refractivity contribution in [1.82, 2.24) is 24.6 Å². The van der Waals surface area contributed by atoms with Gasteiger partial charge in [0.15, 0.2) is 5.65 Å². The van der Waals surface area contributed by atoms with Crippen LogP contribution in [0.25, 0.3) is 11.0 Å². The number of amides is 1. The summed E-state index contributed by atoms with van der Waals surface area (Å²) in [6, 6.07) is 0. The van der Waals surface area contributed by atoms with Crippen molar-refractivity contribution in [3.63, 3.8) is 0 Å². The van der Waals surface area contributed by atoms with Gasteiger partial charge in [-0.25, -0.2) is 9.97 Å². The van der Waals surface area contributed by atoms with E-state index in [1.54, 1.807) is 17.2 Å². The lowest BCUT2D eigenvalue weighted by Crippen LogP contribution is -2.49. The number of nitrogens with two attached hydrogens (primary N) is 1. The first-order valence-corrected chi connectivity index (χ1v) is 7.56. The van der Waals surface area contributed by atoms with E-state index in [4.69, 9.17) is 5.73 Å². The van der Waals surface area contributed by atoms with Gasteiger partial charge in [-0.15, -0.1) is 0 Å². The summed E-state index contributed by atoms with van der Waals surface area (Å²) in [6.45, 7) is 3.54. The van der Waals surface area contributed by atoms with Crippen molar-refractivity contribution in [2.75, 3.05) is 37.6 Å². The molecule has 0 radical (unpaired) electrons. The number of nitrogens with zero attached hydrogens (tertiary/aromatic N) is 6. The number of anilines is 1. The molecule has 0 saturated carbocycles. The molecule has 2 N–H and O–H groups in total. The lowest BCUT2D eigenvalue weighted by atomic mass is 10.2. The fourth-order valence-corrected chi connectivity index (χ4v) is 2.78. The number of rotatable bonds is 4. The molecule has 0 aliphatic carbocycles. The maximum absolute atomic E-state index is 12.0. The van der Waals surface area contributed by atoms with E-state index in [2.05, 4.69) is 20.0 Å². The van der Waals surface area contributed by atoms with E-state index in [1.807, 2.05) is 11.9 Å². The van der Waals surface area contributed by atoms with Gasteiger partial charge >= 0.3 is 0 Å². The molecule has 0 spiro atoms. The molecule has 0 unspecified atom stereocenters. The Balaban J connectivity index is 1.69. The molecule has 8 heteroatoms. The van der Waals surface area contributed by atoms with Gasteiger partial charge in [0.05, 0.1) is 11.6 Å². The van der Waals surface area contributed by atoms with Gasteiger partial charge in [-0.3, -0.25) is 9.48 Å². The summed E-state index contributed by atoms with van der Waals surface area (Å²) >= 11 is 0. The average Bonchev–Trinajstić information content (AvgIpc) is 2.94. The molecule has 1 amide bonds. The van der Waals surface area contributed by atoms with Crippen LogP contribution in [0.4, 0.5) is 5.82 Å². The number of carbonyl (C=O) groups excluding carboxylic acids is 1. The Labute approximate surface area is 128 Å². The molecule has 1 saturated heterocycles. The maximum Gasteiger partial charge on any atom is 0.222 e. The topological polar surface area (TPSA) is 93.2 Å². The molecule has 1 aliphatic heterocycles. The number of fused-ring (bicyclic) bond motifs is 1. The summed E-state index contributed by atoms with van der Waals surface area (Å²) in [7, 11) is 1.87. The van der Waals surface area contributed by atoms with Gasteiger partial charge in [-0.05, 0) is 13.0 Å². The summed E-state index contributed by atoms with van der Waals surface area (Å²) in [4.78, 5) is 24.8. The van der Waals surface area contributed by atoms with Gasteiger partial charge in [0.1, 0.15) is 12.1 Å². The Hall–Kier alpha value is -2.22. The molecule has 3 heterocycles. The first-order valence-electron chi connectivity index (χ1n) is 7.56. The van der Waals surface area contributed by atoms with Crippen LogP contribution in [0.5, 0.6) is 0 Å². The van der Waals surface area contributed by atoms with Crippen molar-refractivity contribution >= 4 is 22.8 Å². The van der Waals surface area contributed by atoms with E-state index in [0.29, 0.717) is 13.0 Å². The van der Waals surface area contributed by atoms with Crippen molar-refractivity contribution in [2.45, 2.75) is 12.8 Å². The highest BCUT2D eigenvalue weighted by Gasteiger charge is 2.23. The van der Waals surface area contributed by atoms with Gasteiger partial charge in [0.25, 0.3) is 0 Å². The number of aromatic nitrogens is 4. The maximum atomic E-state index is 12.0. The van der Waals surface area contributed by atoms with E-state index in [9.17, 15) is 4.79 Å². The average molecular weight is 303 g/mol. The molecule has 1 fully saturated rings. The van der Waals surface area contributed by atoms with Crippen LogP contribution in [0.15, 0.2) is 12.5 Å². The lowest BCUT2D eigenvalue weighted by molar-refractivity contribution is -0.131. The van der Waals surface area contributed by atoms with Crippen molar-refractivity contribution in [3.8, 4) is 0 Å². The first-order chi connectivity index (χ1) is 10.7. The van der Waals surface area contributed by atoms with Crippen LogP contribution in [0.3, 0.4) is 0 Å². The van der Waals surface area contributed by atoms with Gasteiger partial charge < -0.3 is 15.5 Å². The molecule has 8 nitrogen and oxygen atoms in total. The van der Waals surface area contributed by atoms with E-state index in [-0.39, 0.29) is 5.91 Å². The lowest BCUT2D eigenvalue weighted by Gasteiger charge is -2.35. The van der Waals surface area contributed by atoms with E-state index < -0.39 is 0 Å². The fraction of sp³-hybridized carbons (Fsp3) is 0.571. The molecule has 3 rings (SSSR count). The summed E-state index contributed by atoms with van der Waals surface area (Å²) in [5, 5.41) is 5.19. The second-order valence-electron chi connectivity index (χ2n) is 5.46. The van der Waals surface area contributed by atoms with Crippen molar-refractivity contribution < 1.29 is 4.79 Å². The Morgan fingerprint density at radius 1 is 1.27 bits per heavy atom. The summed E-state index contributed by atoms with van der Waals surface area (Å²) in [5.41, 5.74) is 6.28. The van der Waals surface area contributed by atoms with Crippen LogP contribution < -0.4 is 10.6 Å². The molecule has 0 aromatic carbocycles. The van der Waals surface area contributed by atoms with E-state index in [0.717, 1.165) is 49.5 Å². The van der Waals surface area contributed by atoms with Crippen LogP contribution in [-0.4, -0.2) is 63.3 Å². The summed E-state index contributed by atoms with van der Waals surface area (Å²) in [5.74, 6) is 1.09. The minimum atomic E-state index is 0.194. The summed E-state index contributed by atoms with van der Waals surface area (Å²) in [6.07, 6.45) is 4.65. The van der Waals surface area contributed by atoms with Crippen LogP contribution in [-0.2, 0) is 11.8 Å². The zero-order chi connectivity index (χ0) is 15.5. The van der Waals surface area contributed by atoms with Crippen molar-refractivity contribution in [3.05, 3.63) is 12.5 Å². The van der Waals surface area contributed by atoms with E-state index in [1.165, 1.54) is 0 Å². The normalized spacial score (nSPS) is 15.5. The number of piperazine rings is 1. The Kier molecular flexibility index (Phi) is 4.19. The first kappa shape index (κ1) is 14.7. The molecular weight excluding hydrogens is 282 g/mol. The van der Waals surface area contributed by atoms with Crippen molar-refractivity contribution in [1.29, 1.82) is 0 Å². The number of carbonyl (C=O) groups is 1. The quantitative estimate of drug-likeness (QED) is 0.837. The molecule has 2 aromatic heterocycles. The zero-order valence-corrected chi connectivity index (χ0v) is 12.8. The standard InChI is InChI=1S/C14H21N7O/c1-19-13-11(9-18-19)14(17-10-16-13)21-7-5-20(6-8-21)12(22)3-2-4-15/h9-10H,2-8,15H2,1H3. The fourth-order valence-electron chi connectivity index (χ4n) is 2.78.